The fraction of sp³-hybridized carbons (Fsp3) is 0.500. The second-order valence-corrected chi connectivity index (χ2v) is 3.68. The molecule has 3 N–H and O–H groups in total. The highest BCUT2D eigenvalue weighted by Gasteiger charge is 2.18. The minimum absolute atomic E-state index is 0.418. The molecule has 16 heavy (non-hydrogen) atoms. The number of nitrogens with two attached hydrogens (primary N) is 1. The van der Waals surface area contributed by atoms with E-state index in [1.165, 1.54) is 0 Å². The maximum atomic E-state index is 10.00. The summed E-state index contributed by atoms with van der Waals surface area (Å²) in [6.45, 7) is 2.37. The largest absolute Gasteiger partial charge is 0.496 e. The van der Waals surface area contributed by atoms with Crippen LogP contribution >= 0.6 is 0 Å². The van der Waals surface area contributed by atoms with Crippen LogP contribution in [0.15, 0.2) is 12.1 Å². The van der Waals surface area contributed by atoms with Gasteiger partial charge in [-0.25, -0.2) is 0 Å². The predicted molar refractivity (Wildman–Crippen MR) is 62.9 cm³/mol. The molecule has 0 aliphatic heterocycles. The SMILES string of the molecule is COc1cc(C)cc(OC)c1C(O)CCN. The first-order valence-corrected chi connectivity index (χ1v) is 5.24. The third-order valence-electron chi connectivity index (χ3n) is 2.46. The van der Waals surface area contributed by atoms with Crippen molar-refractivity contribution in [1.82, 2.24) is 0 Å². The summed E-state index contributed by atoms with van der Waals surface area (Å²) in [6.07, 6.45) is -0.175. The predicted octanol–water partition coefficient (Wildman–Crippen LogP) is 1.39. The third-order valence-corrected chi connectivity index (χ3v) is 2.46. The van der Waals surface area contributed by atoms with E-state index in [2.05, 4.69) is 0 Å². The number of aliphatic hydroxyl groups excluding tert-OH is 1. The molecule has 0 amide bonds. The van der Waals surface area contributed by atoms with E-state index in [0.717, 1.165) is 5.56 Å². The average Bonchev–Trinajstić information content (AvgIpc) is 2.27. The molecule has 1 aromatic carbocycles. The molecule has 1 atom stereocenters. The van der Waals surface area contributed by atoms with Crippen LogP contribution in [0.3, 0.4) is 0 Å². The lowest BCUT2D eigenvalue weighted by atomic mass is 10.0. The van der Waals surface area contributed by atoms with Gasteiger partial charge in [0, 0.05) is 0 Å². The van der Waals surface area contributed by atoms with Crippen molar-refractivity contribution in [2.75, 3.05) is 20.8 Å². The summed E-state index contributed by atoms with van der Waals surface area (Å²) in [5.41, 5.74) is 7.13. The van der Waals surface area contributed by atoms with Crippen LogP contribution in [-0.4, -0.2) is 25.9 Å². The van der Waals surface area contributed by atoms with E-state index in [0.29, 0.717) is 30.0 Å². The molecule has 1 aromatic rings. The first-order valence-electron chi connectivity index (χ1n) is 5.24. The van der Waals surface area contributed by atoms with Crippen LogP contribution < -0.4 is 15.2 Å². The highest BCUT2D eigenvalue weighted by atomic mass is 16.5. The van der Waals surface area contributed by atoms with Crippen molar-refractivity contribution < 1.29 is 14.6 Å². The molecule has 0 saturated heterocycles. The minimum atomic E-state index is -0.657. The van der Waals surface area contributed by atoms with Crippen molar-refractivity contribution in [1.29, 1.82) is 0 Å². The van der Waals surface area contributed by atoms with Gasteiger partial charge >= 0.3 is 0 Å². The summed E-state index contributed by atoms with van der Waals surface area (Å²) in [5, 5.41) is 10.00. The van der Waals surface area contributed by atoms with E-state index in [1.807, 2.05) is 19.1 Å². The van der Waals surface area contributed by atoms with Crippen molar-refractivity contribution in [3.63, 3.8) is 0 Å². The summed E-state index contributed by atoms with van der Waals surface area (Å²) in [7, 11) is 3.15. The van der Waals surface area contributed by atoms with Gasteiger partial charge in [-0.05, 0) is 37.6 Å². The molecule has 0 spiro atoms. The summed E-state index contributed by atoms with van der Waals surface area (Å²) in [4.78, 5) is 0. The molecule has 0 aliphatic rings. The van der Waals surface area contributed by atoms with Crippen LogP contribution in [0.4, 0.5) is 0 Å². The number of methoxy groups -OCH3 is 2. The standard InChI is InChI=1S/C12H19NO3/c1-8-6-10(15-2)12(9(14)4-5-13)11(7-8)16-3/h6-7,9,14H,4-5,13H2,1-3H3. The lowest BCUT2D eigenvalue weighted by Gasteiger charge is -2.18. The van der Waals surface area contributed by atoms with E-state index in [1.54, 1.807) is 14.2 Å². The Balaban J connectivity index is 3.21. The van der Waals surface area contributed by atoms with E-state index < -0.39 is 6.10 Å². The number of aryl methyl sites for hydroxylation is 1. The maximum Gasteiger partial charge on any atom is 0.128 e. The van der Waals surface area contributed by atoms with Crippen molar-refractivity contribution in [3.8, 4) is 11.5 Å². The number of ether oxygens (including phenoxy) is 2. The molecular weight excluding hydrogens is 206 g/mol. The van der Waals surface area contributed by atoms with Crippen molar-refractivity contribution >= 4 is 0 Å². The Labute approximate surface area is 96.0 Å². The maximum absolute atomic E-state index is 10.00. The highest BCUT2D eigenvalue weighted by Crippen LogP contribution is 2.36. The molecule has 0 heterocycles. The van der Waals surface area contributed by atoms with Crippen molar-refractivity contribution in [2.24, 2.45) is 5.73 Å². The van der Waals surface area contributed by atoms with Gasteiger partial charge < -0.3 is 20.3 Å². The first-order chi connectivity index (χ1) is 7.63. The molecule has 4 nitrogen and oxygen atoms in total. The zero-order chi connectivity index (χ0) is 12.1. The van der Waals surface area contributed by atoms with E-state index >= 15 is 0 Å². The van der Waals surface area contributed by atoms with E-state index in [-0.39, 0.29) is 0 Å². The fourth-order valence-electron chi connectivity index (χ4n) is 1.70. The van der Waals surface area contributed by atoms with Gasteiger partial charge in [-0.2, -0.15) is 0 Å². The van der Waals surface area contributed by atoms with Crippen LogP contribution in [0.2, 0.25) is 0 Å². The average molecular weight is 225 g/mol. The molecule has 0 radical (unpaired) electrons. The van der Waals surface area contributed by atoms with Crippen molar-refractivity contribution in [3.05, 3.63) is 23.3 Å². The molecule has 0 aliphatic carbocycles. The molecule has 0 aromatic heterocycles. The highest BCUT2D eigenvalue weighted by molar-refractivity contribution is 5.49. The van der Waals surface area contributed by atoms with Crippen LogP contribution in [0.1, 0.15) is 23.7 Å². The second kappa shape index (κ2) is 5.72. The summed E-state index contributed by atoms with van der Waals surface area (Å²) in [6, 6.07) is 3.75. The molecular formula is C12H19NO3. The number of hydrogen-bond acceptors (Lipinski definition) is 4. The van der Waals surface area contributed by atoms with E-state index in [4.69, 9.17) is 15.2 Å². The summed E-state index contributed by atoms with van der Waals surface area (Å²) in [5.74, 6) is 1.27. The molecule has 90 valence electrons. The molecule has 0 bridgehead atoms. The van der Waals surface area contributed by atoms with E-state index in [9.17, 15) is 5.11 Å². The Bertz CT molecular complexity index is 327. The van der Waals surface area contributed by atoms with Crippen molar-refractivity contribution in [2.45, 2.75) is 19.4 Å². The van der Waals surface area contributed by atoms with Gasteiger partial charge in [-0.1, -0.05) is 0 Å². The molecule has 1 unspecified atom stereocenters. The smallest absolute Gasteiger partial charge is 0.128 e. The van der Waals surface area contributed by atoms with Gasteiger partial charge in [0.25, 0.3) is 0 Å². The third kappa shape index (κ3) is 2.65. The normalized spacial score (nSPS) is 12.3. The number of aliphatic hydroxyl groups is 1. The van der Waals surface area contributed by atoms with Gasteiger partial charge in [-0.3, -0.25) is 0 Å². The van der Waals surface area contributed by atoms with Gasteiger partial charge in [0.2, 0.25) is 0 Å². The summed E-state index contributed by atoms with van der Waals surface area (Å²) < 4.78 is 10.5. The van der Waals surface area contributed by atoms with Gasteiger partial charge in [0.1, 0.15) is 11.5 Å². The molecule has 4 heteroatoms. The Morgan fingerprint density at radius 3 is 2.12 bits per heavy atom. The molecule has 0 fully saturated rings. The topological polar surface area (TPSA) is 64.7 Å². The number of hydrogen-bond donors (Lipinski definition) is 2. The first kappa shape index (κ1) is 12.8. The van der Waals surface area contributed by atoms with Gasteiger partial charge in [0.15, 0.2) is 0 Å². The minimum Gasteiger partial charge on any atom is -0.496 e. The number of benzene rings is 1. The number of rotatable bonds is 5. The Morgan fingerprint density at radius 2 is 1.75 bits per heavy atom. The fourth-order valence-corrected chi connectivity index (χ4v) is 1.70. The Kier molecular flexibility index (Phi) is 4.58. The van der Waals surface area contributed by atoms with Crippen LogP contribution in [-0.2, 0) is 0 Å². The molecule has 0 saturated carbocycles. The molecule has 1 rings (SSSR count). The quantitative estimate of drug-likeness (QED) is 0.795. The second-order valence-electron chi connectivity index (χ2n) is 3.68. The van der Waals surface area contributed by atoms with Gasteiger partial charge in [0.05, 0.1) is 25.9 Å². The lowest BCUT2D eigenvalue weighted by Crippen LogP contribution is -2.09. The van der Waals surface area contributed by atoms with Crippen LogP contribution in [0.5, 0.6) is 11.5 Å². The van der Waals surface area contributed by atoms with Crippen LogP contribution in [0.25, 0.3) is 0 Å². The zero-order valence-electron chi connectivity index (χ0n) is 9.99. The van der Waals surface area contributed by atoms with Crippen LogP contribution in [0, 0.1) is 6.92 Å². The Morgan fingerprint density at radius 1 is 1.25 bits per heavy atom. The summed E-state index contributed by atoms with van der Waals surface area (Å²) >= 11 is 0. The monoisotopic (exact) mass is 225 g/mol. The van der Waals surface area contributed by atoms with Gasteiger partial charge in [-0.15, -0.1) is 0 Å². The zero-order valence-corrected chi connectivity index (χ0v) is 9.99. The lowest BCUT2D eigenvalue weighted by molar-refractivity contribution is 0.161. The Hall–Kier alpha value is -1.26.